The first kappa shape index (κ1) is 14.3. The molecule has 0 saturated carbocycles. The van der Waals surface area contributed by atoms with E-state index in [4.69, 9.17) is 4.74 Å². The van der Waals surface area contributed by atoms with Gasteiger partial charge in [0.15, 0.2) is 0 Å². The summed E-state index contributed by atoms with van der Waals surface area (Å²) < 4.78 is 5.02. The number of rotatable bonds is 5. The van der Waals surface area contributed by atoms with Crippen LogP contribution in [0.5, 0.6) is 0 Å². The normalized spacial score (nSPS) is 14.9. The van der Waals surface area contributed by atoms with Gasteiger partial charge in [-0.3, -0.25) is 0 Å². The van der Waals surface area contributed by atoms with Crippen molar-refractivity contribution in [2.24, 2.45) is 11.8 Å². The molecule has 0 radical (unpaired) electrons. The number of hydrogen-bond donors (Lipinski definition) is 0. The summed E-state index contributed by atoms with van der Waals surface area (Å²) in [5.41, 5.74) is 0. The van der Waals surface area contributed by atoms with Crippen LogP contribution in [0.25, 0.3) is 0 Å². The van der Waals surface area contributed by atoms with Gasteiger partial charge in [0.25, 0.3) is 0 Å². The molecule has 1 amide bonds. The largest absolute Gasteiger partial charge is 0.450 e. The van der Waals surface area contributed by atoms with Crippen LogP contribution in [0.2, 0.25) is 0 Å². The van der Waals surface area contributed by atoms with E-state index in [0.29, 0.717) is 18.4 Å². The fourth-order valence-electron chi connectivity index (χ4n) is 2.07. The Hall–Kier alpha value is -0.730. The summed E-state index contributed by atoms with van der Waals surface area (Å²) in [7, 11) is 1.83. The molecule has 0 aliphatic heterocycles. The molecule has 0 fully saturated rings. The van der Waals surface area contributed by atoms with E-state index in [2.05, 4.69) is 27.7 Å². The summed E-state index contributed by atoms with van der Waals surface area (Å²) >= 11 is 0. The first-order valence-electron chi connectivity index (χ1n) is 5.85. The highest BCUT2D eigenvalue weighted by Crippen LogP contribution is 2.21. The maximum Gasteiger partial charge on any atom is 0.409 e. The van der Waals surface area contributed by atoms with Crippen molar-refractivity contribution in [1.29, 1.82) is 0 Å². The summed E-state index contributed by atoms with van der Waals surface area (Å²) in [6.07, 6.45) is 0.864. The van der Waals surface area contributed by atoms with Crippen LogP contribution in [-0.2, 0) is 4.74 Å². The summed E-state index contributed by atoms with van der Waals surface area (Å²) in [5, 5.41) is 0. The minimum absolute atomic E-state index is 0.212. The lowest BCUT2D eigenvalue weighted by Crippen LogP contribution is -2.44. The van der Waals surface area contributed by atoms with Gasteiger partial charge in [0.2, 0.25) is 0 Å². The molecular formula is C12H25NO2. The molecule has 2 atom stereocenters. The van der Waals surface area contributed by atoms with Gasteiger partial charge in [-0.2, -0.15) is 0 Å². The number of hydrogen-bond acceptors (Lipinski definition) is 2. The number of nitrogens with zero attached hydrogens (tertiary/aromatic N) is 1. The minimum atomic E-state index is -0.212. The third-order valence-corrected chi connectivity index (χ3v) is 2.91. The molecule has 90 valence electrons. The second-order valence-corrected chi connectivity index (χ2v) is 4.43. The summed E-state index contributed by atoms with van der Waals surface area (Å²) in [5.74, 6) is 0.953. The van der Waals surface area contributed by atoms with Gasteiger partial charge in [-0.25, -0.2) is 4.79 Å². The Balaban J connectivity index is 4.54. The number of carbonyl (C=O) groups is 1. The molecule has 2 unspecified atom stereocenters. The van der Waals surface area contributed by atoms with Gasteiger partial charge in [-0.1, -0.05) is 34.1 Å². The van der Waals surface area contributed by atoms with E-state index in [1.807, 2.05) is 14.0 Å². The highest BCUT2D eigenvalue weighted by atomic mass is 16.6. The Morgan fingerprint density at radius 1 is 1.27 bits per heavy atom. The maximum atomic E-state index is 11.6. The smallest absolute Gasteiger partial charge is 0.409 e. The molecule has 0 heterocycles. The third kappa shape index (κ3) is 4.10. The van der Waals surface area contributed by atoms with E-state index >= 15 is 0 Å². The lowest BCUT2D eigenvalue weighted by molar-refractivity contribution is 0.0757. The Bertz CT molecular complexity index is 192. The van der Waals surface area contributed by atoms with Gasteiger partial charge in [-0.15, -0.1) is 0 Å². The first-order chi connectivity index (χ1) is 6.95. The Morgan fingerprint density at radius 2 is 1.80 bits per heavy atom. The SMILES string of the molecule is CCOC(=O)N(C)C(C(C)C)C(C)CC. The van der Waals surface area contributed by atoms with Crippen LogP contribution in [-0.4, -0.2) is 30.7 Å². The second-order valence-electron chi connectivity index (χ2n) is 4.43. The van der Waals surface area contributed by atoms with Gasteiger partial charge in [0.1, 0.15) is 0 Å². The molecule has 0 aromatic rings. The fraction of sp³-hybridized carbons (Fsp3) is 0.917. The molecule has 0 aromatic carbocycles. The van der Waals surface area contributed by atoms with Crippen LogP contribution in [0.1, 0.15) is 41.0 Å². The molecule has 0 aromatic heterocycles. The molecule has 0 bridgehead atoms. The van der Waals surface area contributed by atoms with Gasteiger partial charge in [-0.05, 0) is 18.8 Å². The van der Waals surface area contributed by atoms with Crippen molar-refractivity contribution >= 4 is 6.09 Å². The number of ether oxygens (including phenoxy) is 1. The van der Waals surface area contributed by atoms with E-state index in [-0.39, 0.29) is 12.1 Å². The average Bonchev–Trinajstić information content (AvgIpc) is 2.17. The lowest BCUT2D eigenvalue weighted by atomic mass is 9.89. The highest BCUT2D eigenvalue weighted by molar-refractivity contribution is 5.67. The molecular weight excluding hydrogens is 190 g/mol. The zero-order valence-electron chi connectivity index (χ0n) is 10.9. The van der Waals surface area contributed by atoms with Gasteiger partial charge in [0.05, 0.1) is 6.61 Å². The second kappa shape index (κ2) is 6.70. The van der Waals surface area contributed by atoms with E-state index in [1.54, 1.807) is 4.90 Å². The molecule has 0 saturated heterocycles. The van der Waals surface area contributed by atoms with Crippen LogP contribution in [0.15, 0.2) is 0 Å². The standard InChI is InChI=1S/C12H25NO2/c1-7-10(5)11(9(3)4)13(6)12(14)15-8-2/h9-11H,7-8H2,1-6H3. The van der Waals surface area contributed by atoms with Crippen molar-refractivity contribution in [1.82, 2.24) is 4.90 Å². The Morgan fingerprint density at radius 3 is 2.13 bits per heavy atom. The molecule has 0 aliphatic rings. The van der Waals surface area contributed by atoms with Crippen LogP contribution in [0.4, 0.5) is 4.79 Å². The van der Waals surface area contributed by atoms with Crippen LogP contribution < -0.4 is 0 Å². The van der Waals surface area contributed by atoms with Crippen molar-refractivity contribution in [3.8, 4) is 0 Å². The van der Waals surface area contributed by atoms with E-state index in [1.165, 1.54) is 0 Å². The Labute approximate surface area is 93.8 Å². The van der Waals surface area contributed by atoms with Crippen molar-refractivity contribution in [2.75, 3.05) is 13.7 Å². The van der Waals surface area contributed by atoms with Crippen LogP contribution >= 0.6 is 0 Å². The summed E-state index contributed by atoms with van der Waals surface area (Å²) in [6, 6.07) is 0.258. The predicted octanol–water partition coefficient (Wildman–Crippen LogP) is 3.15. The van der Waals surface area contributed by atoms with E-state index < -0.39 is 0 Å². The molecule has 0 rings (SSSR count). The van der Waals surface area contributed by atoms with Gasteiger partial charge < -0.3 is 9.64 Å². The fourth-order valence-corrected chi connectivity index (χ4v) is 2.07. The lowest BCUT2D eigenvalue weighted by Gasteiger charge is -2.34. The monoisotopic (exact) mass is 215 g/mol. The predicted molar refractivity (Wildman–Crippen MR) is 62.9 cm³/mol. The average molecular weight is 215 g/mol. The summed E-state index contributed by atoms with van der Waals surface area (Å²) in [4.78, 5) is 13.4. The van der Waals surface area contributed by atoms with E-state index in [0.717, 1.165) is 6.42 Å². The molecule has 0 N–H and O–H groups in total. The van der Waals surface area contributed by atoms with E-state index in [9.17, 15) is 4.79 Å². The number of amides is 1. The molecule has 3 nitrogen and oxygen atoms in total. The zero-order valence-corrected chi connectivity index (χ0v) is 10.9. The first-order valence-corrected chi connectivity index (χ1v) is 5.85. The van der Waals surface area contributed by atoms with Crippen LogP contribution in [0.3, 0.4) is 0 Å². The zero-order chi connectivity index (χ0) is 12.0. The maximum absolute atomic E-state index is 11.6. The van der Waals surface area contributed by atoms with Crippen molar-refractivity contribution < 1.29 is 9.53 Å². The van der Waals surface area contributed by atoms with Crippen LogP contribution in [0, 0.1) is 11.8 Å². The van der Waals surface area contributed by atoms with Gasteiger partial charge in [0, 0.05) is 13.1 Å². The topological polar surface area (TPSA) is 29.5 Å². The van der Waals surface area contributed by atoms with Gasteiger partial charge >= 0.3 is 6.09 Å². The van der Waals surface area contributed by atoms with Crippen molar-refractivity contribution in [2.45, 2.75) is 47.1 Å². The Kier molecular flexibility index (Phi) is 6.37. The minimum Gasteiger partial charge on any atom is -0.450 e. The van der Waals surface area contributed by atoms with Crippen molar-refractivity contribution in [3.05, 3.63) is 0 Å². The summed E-state index contributed by atoms with van der Waals surface area (Å²) in [6.45, 7) is 10.9. The van der Waals surface area contributed by atoms with Crippen molar-refractivity contribution in [3.63, 3.8) is 0 Å². The quantitative estimate of drug-likeness (QED) is 0.705. The third-order valence-electron chi connectivity index (χ3n) is 2.91. The molecule has 0 spiro atoms. The molecule has 15 heavy (non-hydrogen) atoms. The number of carbonyl (C=O) groups excluding carboxylic acids is 1. The highest BCUT2D eigenvalue weighted by Gasteiger charge is 2.27. The molecule has 0 aliphatic carbocycles. The molecule has 3 heteroatoms.